The van der Waals surface area contributed by atoms with Gasteiger partial charge in [0, 0.05) is 5.38 Å². The van der Waals surface area contributed by atoms with Crippen LogP contribution in [-0.4, -0.2) is 19.9 Å². The molecule has 0 aliphatic heterocycles. The molecule has 0 aliphatic carbocycles. The molecule has 3 rings (SSSR count). The molecule has 5 nitrogen and oxygen atoms in total. The minimum Gasteiger partial charge on any atom is -0.384 e. The van der Waals surface area contributed by atoms with Crippen LogP contribution >= 0.6 is 11.3 Å². The fourth-order valence-electron chi connectivity index (χ4n) is 1.36. The van der Waals surface area contributed by atoms with Crippen LogP contribution in [0.15, 0.2) is 23.0 Å². The van der Waals surface area contributed by atoms with Gasteiger partial charge in [-0.05, 0) is 12.1 Å². The maximum absolute atomic E-state index is 5.57. The monoisotopic (exact) mass is 217 g/mol. The number of H-pyrrole nitrogens is 1. The highest BCUT2D eigenvalue weighted by Gasteiger charge is 2.07. The molecule has 3 N–H and O–H groups in total. The van der Waals surface area contributed by atoms with Crippen molar-refractivity contribution in [3.05, 3.63) is 23.0 Å². The number of nitrogens with two attached hydrogens (primary N) is 1. The van der Waals surface area contributed by atoms with Gasteiger partial charge in [0.25, 0.3) is 0 Å². The molecule has 0 fully saturated rings. The van der Waals surface area contributed by atoms with Gasteiger partial charge in [-0.15, -0.1) is 11.3 Å². The Bertz CT molecular complexity index is 598. The van der Waals surface area contributed by atoms with E-state index in [1.54, 1.807) is 11.6 Å². The molecule has 0 spiro atoms. The highest BCUT2D eigenvalue weighted by Crippen LogP contribution is 2.19. The summed E-state index contributed by atoms with van der Waals surface area (Å²) in [4.78, 5) is 15.7. The molecular weight excluding hydrogens is 210 g/mol. The Balaban J connectivity index is 2.22. The first-order chi connectivity index (χ1) is 7.33. The summed E-state index contributed by atoms with van der Waals surface area (Å²) >= 11 is 1.53. The first-order valence-corrected chi connectivity index (χ1v) is 5.28. The van der Waals surface area contributed by atoms with E-state index in [2.05, 4.69) is 19.9 Å². The number of nitrogens with one attached hydrogen (secondary N) is 1. The van der Waals surface area contributed by atoms with Crippen LogP contribution in [0.4, 0.5) is 5.82 Å². The quantitative estimate of drug-likeness (QED) is 0.649. The summed E-state index contributed by atoms with van der Waals surface area (Å²) in [6, 6.07) is 3.60. The molecule has 0 radical (unpaired) electrons. The van der Waals surface area contributed by atoms with Crippen LogP contribution in [0.3, 0.4) is 0 Å². The highest BCUT2D eigenvalue weighted by atomic mass is 32.1. The number of aromatic amines is 1. The topological polar surface area (TPSA) is 80.5 Å². The van der Waals surface area contributed by atoms with Gasteiger partial charge in [0.05, 0.1) is 11.0 Å². The summed E-state index contributed by atoms with van der Waals surface area (Å²) in [7, 11) is 0. The van der Waals surface area contributed by atoms with E-state index in [0.29, 0.717) is 11.5 Å². The number of hydrogen-bond acceptors (Lipinski definition) is 5. The summed E-state index contributed by atoms with van der Waals surface area (Å²) in [6.07, 6.45) is 0. The number of nitrogen functional groups attached to an aromatic ring is 1. The van der Waals surface area contributed by atoms with Gasteiger partial charge >= 0.3 is 0 Å². The number of nitrogens with zero attached hydrogens (tertiary/aromatic N) is 3. The van der Waals surface area contributed by atoms with E-state index in [4.69, 9.17) is 5.73 Å². The predicted molar refractivity (Wildman–Crippen MR) is 59.4 cm³/mol. The molecule has 0 saturated heterocycles. The number of pyridine rings is 1. The van der Waals surface area contributed by atoms with Gasteiger partial charge in [-0.3, -0.25) is 0 Å². The number of imidazole rings is 1. The zero-order chi connectivity index (χ0) is 10.3. The lowest BCUT2D eigenvalue weighted by molar-refractivity contribution is 1.26. The van der Waals surface area contributed by atoms with Crippen LogP contribution in [-0.2, 0) is 0 Å². The maximum Gasteiger partial charge on any atom is 0.180 e. The molecule has 15 heavy (non-hydrogen) atoms. The molecule has 0 unspecified atom stereocenters. The molecule has 0 bridgehead atoms. The van der Waals surface area contributed by atoms with Crippen molar-refractivity contribution in [3.63, 3.8) is 0 Å². The zero-order valence-electron chi connectivity index (χ0n) is 7.64. The van der Waals surface area contributed by atoms with Crippen molar-refractivity contribution in [1.82, 2.24) is 19.9 Å². The highest BCUT2D eigenvalue weighted by molar-refractivity contribution is 7.07. The molecule has 3 aromatic heterocycles. The van der Waals surface area contributed by atoms with Crippen LogP contribution in [0, 0.1) is 0 Å². The van der Waals surface area contributed by atoms with Gasteiger partial charge in [-0.2, -0.15) is 0 Å². The van der Waals surface area contributed by atoms with Gasteiger partial charge in [-0.25, -0.2) is 15.0 Å². The lowest BCUT2D eigenvalue weighted by atomic mass is 10.4. The third-order valence-corrected chi connectivity index (χ3v) is 2.63. The Morgan fingerprint density at radius 1 is 1.27 bits per heavy atom. The van der Waals surface area contributed by atoms with E-state index < -0.39 is 0 Å². The Kier molecular flexibility index (Phi) is 1.69. The fourth-order valence-corrected chi connectivity index (χ4v) is 1.89. The molecule has 0 saturated carbocycles. The molecule has 3 aromatic rings. The summed E-state index contributed by atoms with van der Waals surface area (Å²) in [5, 5.41) is 1.93. The molecule has 3 heterocycles. The summed E-state index contributed by atoms with van der Waals surface area (Å²) in [5.41, 5.74) is 9.66. The second-order valence-corrected chi connectivity index (χ2v) is 3.79. The minimum atomic E-state index is 0.471. The van der Waals surface area contributed by atoms with Crippen LogP contribution in [0.2, 0.25) is 0 Å². The minimum absolute atomic E-state index is 0.471. The molecule has 0 aromatic carbocycles. The molecule has 0 atom stereocenters. The number of anilines is 1. The Morgan fingerprint density at radius 2 is 2.20 bits per heavy atom. The molecule has 0 amide bonds. The molecule has 0 aliphatic rings. The van der Waals surface area contributed by atoms with E-state index in [0.717, 1.165) is 17.0 Å². The number of thiazole rings is 1. The van der Waals surface area contributed by atoms with Crippen LogP contribution in [0.5, 0.6) is 0 Å². The lowest BCUT2D eigenvalue weighted by Crippen LogP contribution is -1.88. The summed E-state index contributed by atoms with van der Waals surface area (Å²) in [5.74, 6) is 1.20. The van der Waals surface area contributed by atoms with E-state index in [1.165, 1.54) is 11.3 Å². The van der Waals surface area contributed by atoms with Gasteiger partial charge in [0.2, 0.25) is 0 Å². The first-order valence-electron chi connectivity index (χ1n) is 4.34. The zero-order valence-corrected chi connectivity index (χ0v) is 8.45. The van der Waals surface area contributed by atoms with Gasteiger partial charge in [0.15, 0.2) is 11.5 Å². The van der Waals surface area contributed by atoms with Crippen LogP contribution < -0.4 is 5.73 Å². The largest absolute Gasteiger partial charge is 0.384 e. The maximum atomic E-state index is 5.57. The van der Waals surface area contributed by atoms with Crippen molar-refractivity contribution in [2.45, 2.75) is 0 Å². The first kappa shape index (κ1) is 8.37. The van der Waals surface area contributed by atoms with E-state index in [9.17, 15) is 0 Å². The van der Waals surface area contributed by atoms with Crippen molar-refractivity contribution in [1.29, 1.82) is 0 Å². The van der Waals surface area contributed by atoms with Crippen molar-refractivity contribution >= 4 is 28.3 Å². The Labute approximate surface area is 89.0 Å². The Hall–Kier alpha value is -1.95. The normalized spacial score (nSPS) is 10.9. The second-order valence-electron chi connectivity index (χ2n) is 3.07. The van der Waals surface area contributed by atoms with Crippen LogP contribution in [0.25, 0.3) is 22.7 Å². The smallest absolute Gasteiger partial charge is 0.180 e. The third kappa shape index (κ3) is 1.35. The van der Waals surface area contributed by atoms with E-state index >= 15 is 0 Å². The van der Waals surface area contributed by atoms with Gasteiger partial charge in [-0.1, -0.05) is 0 Å². The Morgan fingerprint density at radius 3 is 3.00 bits per heavy atom. The van der Waals surface area contributed by atoms with E-state index in [1.807, 2.05) is 11.4 Å². The lowest BCUT2D eigenvalue weighted by Gasteiger charge is -1.88. The molecular formula is C9H7N5S. The number of hydrogen-bond donors (Lipinski definition) is 2. The molecule has 6 heteroatoms. The summed E-state index contributed by atoms with van der Waals surface area (Å²) in [6.45, 7) is 0. The molecule has 74 valence electrons. The average Bonchev–Trinajstić information content (AvgIpc) is 2.84. The predicted octanol–water partition coefficient (Wildman–Crippen LogP) is 1.66. The fraction of sp³-hybridized carbons (Fsp3) is 0. The number of aromatic nitrogens is 4. The van der Waals surface area contributed by atoms with Crippen molar-refractivity contribution in [2.24, 2.45) is 0 Å². The number of fused-ring (bicyclic) bond motifs is 1. The number of rotatable bonds is 1. The van der Waals surface area contributed by atoms with Crippen molar-refractivity contribution in [3.8, 4) is 11.5 Å². The van der Waals surface area contributed by atoms with Gasteiger partial charge in [0.1, 0.15) is 11.5 Å². The standard InChI is InChI=1S/C9H7N5S/c10-7-2-1-5-8(13-7)14-9(12-5)6-3-15-4-11-6/h1-4H,(H3,10,12,13,14). The third-order valence-electron chi connectivity index (χ3n) is 2.04. The van der Waals surface area contributed by atoms with Gasteiger partial charge < -0.3 is 10.7 Å². The van der Waals surface area contributed by atoms with Crippen molar-refractivity contribution < 1.29 is 0 Å². The summed E-state index contributed by atoms with van der Waals surface area (Å²) < 4.78 is 0. The van der Waals surface area contributed by atoms with Crippen molar-refractivity contribution in [2.75, 3.05) is 5.73 Å². The van der Waals surface area contributed by atoms with Crippen LogP contribution in [0.1, 0.15) is 0 Å². The second kappa shape index (κ2) is 3.03. The average molecular weight is 217 g/mol. The van der Waals surface area contributed by atoms with E-state index in [-0.39, 0.29) is 0 Å². The SMILES string of the molecule is Nc1ccc2[nH]c(-c3cscn3)nc2n1.